The maximum absolute atomic E-state index is 12.4. The van der Waals surface area contributed by atoms with Gasteiger partial charge in [0, 0.05) is 10.9 Å². The molecule has 1 heterocycles. The van der Waals surface area contributed by atoms with Crippen LogP contribution in [0.25, 0.3) is 10.6 Å². The number of hydrogen-bond acceptors (Lipinski definition) is 5. The van der Waals surface area contributed by atoms with Gasteiger partial charge in [0.2, 0.25) is 0 Å². The second kappa shape index (κ2) is 7.21. The van der Waals surface area contributed by atoms with Gasteiger partial charge in [-0.15, -0.1) is 11.3 Å². The predicted octanol–water partition coefficient (Wildman–Crippen LogP) is 2.20. The minimum absolute atomic E-state index is 0.304. The number of rotatable bonds is 3. The lowest BCUT2D eigenvalue weighted by molar-refractivity contribution is -0.00128. The minimum atomic E-state index is -0.923. The third-order valence-corrected chi connectivity index (χ3v) is 5.04. The van der Waals surface area contributed by atoms with Gasteiger partial charge in [-0.25, -0.2) is 4.98 Å². The quantitative estimate of drug-likeness (QED) is 0.753. The van der Waals surface area contributed by atoms with Crippen molar-refractivity contribution in [3.05, 3.63) is 41.4 Å². The molecule has 1 aliphatic carbocycles. The molecular weight excluding hydrogens is 312 g/mol. The number of nitrogens with zero attached hydrogens (tertiary/aromatic N) is 1. The Balaban J connectivity index is 1.70. The average Bonchev–Trinajstić information content (AvgIpc) is 3.02. The Morgan fingerprint density at radius 3 is 2.70 bits per heavy atom. The average molecular weight is 332 g/mol. The Hall–Kier alpha value is -1.76. The van der Waals surface area contributed by atoms with Gasteiger partial charge in [-0.3, -0.25) is 4.79 Å². The molecule has 122 valence electrons. The monoisotopic (exact) mass is 332 g/mol. The summed E-state index contributed by atoms with van der Waals surface area (Å²) in [5.41, 5.74) is 1.32. The van der Waals surface area contributed by atoms with Crippen LogP contribution >= 0.6 is 11.3 Å². The molecule has 2 aromatic rings. The Morgan fingerprint density at radius 1 is 1.17 bits per heavy atom. The lowest BCUT2D eigenvalue weighted by Crippen LogP contribution is -2.47. The molecule has 0 aliphatic heterocycles. The topological polar surface area (TPSA) is 82.5 Å². The van der Waals surface area contributed by atoms with Gasteiger partial charge < -0.3 is 15.5 Å². The summed E-state index contributed by atoms with van der Waals surface area (Å²) < 4.78 is 0. The van der Waals surface area contributed by atoms with Crippen molar-refractivity contribution in [1.82, 2.24) is 10.3 Å². The van der Waals surface area contributed by atoms with Gasteiger partial charge in [-0.1, -0.05) is 43.2 Å². The summed E-state index contributed by atoms with van der Waals surface area (Å²) in [6.07, 6.45) is 1.28. The highest BCUT2D eigenvalue weighted by molar-refractivity contribution is 7.13. The predicted molar refractivity (Wildman–Crippen MR) is 89.3 cm³/mol. The van der Waals surface area contributed by atoms with E-state index in [4.69, 9.17) is 0 Å². The molecule has 0 bridgehead atoms. The van der Waals surface area contributed by atoms with E-state index in [2.05, 4.69) is 10.3 Å². The number of hydrogen-bond donors (Lipinski definition) is 3. The molecule has 1 aliphatic rings. The summed E-state index contributed by atoms with van der Waals surface area (Å²) in [6, 6.07) is 9.27. The summed E-state index contributed by atoms with van der Waals surface area (Å²) in [6.45, 7) is 0. The van der Waals surface area contributed by atoms with Crippen LogP contribution in [0.1, 0.15) is 36.2 Å². The molecule has 1 fully saturated rings. The zero-order valence-corrected chi connectivity index (χ0v) is 13.5. The van der Waals surface area contributed by atoms with Crippen molar-refractivity contribution in [3.63, 3.8) is 0 Å². The first kappa shape index (κ1) is 16.1. The molecule has 1 aromatic carbocycles. The van der Waals surface area contributed by atoms with Crippen molar-refractivity contribution in [2.24, 2.45) is 0 Å². The first-order valence-electron chi connectivity index (χ1n) is 7.83. The molecule has 1 saturated carbocycles. The number of thiazole rings is 1. The van der Waals surface area contributed by atoms with Crippen molar-refractivity contribution in [2.45, 2.75) is 43.9 Å². The maximum Gasteiger partial charge on any atom is 0.271 e. The highest BCUT2D eigenvalue weighted by Gasteiger charge is 2.30. The zero-order valence-electron chi connectivity index (χ0n) is 12.7. The van der Waals surface area contributed by atoms with Gasteiger partial charge in [0.05, 0.1) is 18.2 Å². The van der Waals surface area contributed by atoms with Crippen molar-refractivity contribution < 1.29 is 15.0 Å². The van der Waals surface area contributed by atoms with Crippen LogP contribution in [0.2, 0.25) is 0 Å². The fourth-order valence-electron chi connectivity index (χ4n) is 2.82. The molecule has 0 spiro atoms. The summed E-state index contributed by atoms with van der Waals surface area (Å²) in [5.74, 6) is -0.304. The fraction of sp³-hybridized carbons (Fsp3) is 0.412. The number of aliphatic hydroxyl groups excluding tert-OH is 2. The molecule has 3 N–H and O–H groups in total. The van der Waals surface area contributed by atoms with Gasteiger partial charge in [-0.2, -0.15) is 0 Å². The van der Waals surface area contributed by atoms with Crippen LogP contribution in [0.3, 0.4) is 0 Å². The number of benzene rings is 1. The lowest BCUT2D eigenvalue weighted by Gasteiger charge is -2.24. The number of carbonyl (C=O) groups excluding carboxylic acids is 1. The number of aliphatic hydroxyl groups is 2. The van der Waals surface area contributed by atoms with Crippen molar-refractivity contribution in [1.29, 1.82) is 0 Å². The van der Waals surface area contributed by atoms with E-state index in [0.717, 1.165) is 23.4 Å². The summed E-state index contributed by atoms with van der Waals surface area (Å²) in [4.78, 5) is 16.7. The summed E-state index contributed by atoms with van der Waals surface area (Å²) >= 11 is 1.41. The van der Waals surface area contributed by atoms with E-state index in [1.807, 2.05) is 30.3 Å². The Labute approximate surface area is 139 Å². The largest absolute Gasteiger partial charge is 0.390 e. The van der Waals surface area contributed by atoms with Gasteiger partial charge >= 0.3 is 0 Å². The van der Waals surface area contributed by atoms with E-state index in [1.165, 1.54) is 11.3 Å². The van der Waals surface area contributed by atoms with Crippen molar-refractivity contribution in [3.8, 4) is 10.6 Å². The number of carbonyl (C=O) groups is 1. The molecule has 0 radical (unpaired) electrons. The van der Waals surface area contributed by atoms with Crippen LogP contribution in [0.4, 0.5) is 0 Å². The highest BCUT2D eigenvalue weighted by atomic mass is 32.1. The van der Waals surface area contributed by atoms with Gasteiger partial charge in [0.1, 0.15) is 10.7 Å². The van der Waals surface area contributed by atoms with Crippen molar-refractivity contribution in [2.75, 3.05) is 0 Å². The third kappa shape index (κ3) is 3.77. The molecule has 1 aromatic heterocycles. The van der Waals surface area contributed by atoms with E-state index in [0.29, 0.717) is 18.5 Å². The van der Waals surface area contributed by atoms with Crippen LogP contribution < -0.4 is 5.32 Å². The first-order chi connectivity index (χ1) is 11.1. The minimum Gasteiger partial charge on any atom is -0.390 e. The second-order valence-corrected chi connectivity index (χ2v) is 6.68. The molecule has 0 unspecified atom stereocenters. The standard InChI is InChI=1S/C17H20N2O3S/c20-14-9-5-4-8-12(15(14)21)18-16(22)13-10-23-17(19-13)11-6-2-1-3-7-11/h1-3,6-7,10,12,14-15,20-21H,4-5,8-9H2,(H,18,22)/t12-,14-,15-/m1/s1. The molecular formula is C17H20N2O3S. The highest BCUT2D eigenvalue weighted by Crippen LogP contribution is 2.24. The molecule has 0 saturated heterocycles. The number of aromatic nitrogens is 1. The van der Waals surface area contributed by atoms with Crippen molar-refractivity contribution >= 4 is 17.2 Å². The second-order valence-electron chi connectivity index (χ2n) is 5.83. The molecule has 1 amide bonds. The van der Waals surface area contributed by atoms with Gasteiger partial charge in [0.15, 0.2) is 0 Å². The SMILES string of the molecule is O=C(N[C@@H]1CCCC[C@@H](O)[C@@H]1O)c1csc(-c2ccccc2)n1. The van der Waals surface area contributed by atoms with Crippen LogP contribution in [-0.2, 0) is 0 Å². The van der Waals surface area contributed by atoms with E-state index < -0.39 is 18.2 Å². The number of nitrogens with one attached hydrogen (secondary N) is 1. The first-order valence-corrected chi connectivity index (χ1v) is 8.71. The molecule has 5 nitrogen and oxygen atoms in total. The van der Waals surface area contributed by atoms with Crippen LogP contribution in [0.15, 0.2) is 35.7 Å². The van der Waals surface area contributed by atoms with Crippen LogP contribution in [0, 0.1) is 0 Å². The normalized spacial score (nSPS) is 24.9. The lowest BCUT2D eigenvalue weighted by atomic mass is 10.0. The Bertz CT molecular complexity index is 659. The summed E-state index contributed by atoms with van der Waals surface area (Å²) in [7, 11) is 0. The van der Waals surface area contributed by atoms with E-state index >= 15 is 0 Å². The van der Waals surface area contributed by atoms with Crippen LogP contribution in [-0.4, -0.2) is 39.4 Å². The smallest absolute Gasteiger partial charge is 0.271 e. The Kier molecular flexibility index (Phi) is 5.05. The molecule has 3 atom stereocenters. The van der Waals surface area contributed by atoms with Crippen LogP contribution in [0.5, 0.6) is 0 Å². The summed E-state index contributed by atoms with van der Waals surface area (Å²) in [5, 5.41) is 25.3. The molecule has 23 heavy (non-hydrogen) atoms. The zero-order chi connectivity index (χ0) is 16.2. The fourth-order valence-corrected chi connectivity index (χ4v) is 3.62. The maximum atomic E-state index is 12.4. The van der Waals surface area contributed by atoms with E-state index in [1.54, 1.807) is 5.38 Å². The van der Waals surface area contributed by atoms with E-state index in [-0.39, 0.29) is 5.91 Å². The van der Waals surface area contributed by atoms with Gasteiger partial charge in [-0.05, 0) is 12.8 Å². The third-order valence-electron chi connectivity index (χ3n) is 4.15. The van der Waals surface area contributed by atoms with E-state index in [9.17, 15) is 15.0 Å². The number of amides is 1. The van der Waals surface area contributed by atoms with Gasteiger partial charge in [0.25, 0.3) is 5.91 Å². The molecule has 3 rings (SSSR count). The molecule has 6 heteroatoms. The Morgan fingerprint density at radius 2 is 1.91 bits per heavy atom.